The molecule has 1 heterocycles. The van der Waals surface area contributed by atoms with E-state index < -0.39 is 74.1 Å². The maximum atomic E-state index is 13.7. The second-order valence-corrected chi connectivity index (χ2v) is 17.6. The third kappa shape index (κ3) is 22.3. The van der Waals surface area contributed by atoms with Gasteiger partial charge in [0.1, 0.15) is 31.5 Å². The monoisotopic (exact) mass is 945 g/mol. The van der Waals surface area contributed by atoms with E-state index in [9.17, 15) is 34.2 Å². The van der Waals surface area contributed by atoms with Crippen LogP contribution < -0.4 is 10.6 Å². The lowest BCUT2D eigenvalue weighted by Gasteiger charge is -2.44. The quantitative estimate of drug-likeness (QED) is 0.0253. The Labute approximate surface area is 403 Å². The standard InChI is InChI=1S/C54H76N2O12/c1-2-3-4-5-6-7-8-9-10-12-24-33-46(58)56-50-52(68-47(59)34-25-13-11-14-26-35-55-53(63)43-31-22-17-23-32-43)51(62)45(38-57)67-54(50)66-44(36-48(60)64-39-41-27-18-15-19-28-41)37-49(61)65-40-42-29-20-16-21-30-42/h15-23,27-32,44-45,50-52,54,57,62H,2-14,24-26,33-40H2,1H3,(H,55,63)(H,56,58)/t45-,50-,51-,52-,54+/m1/s1. The number of amides is 2. The van der Waals surface area contributed by atoms with Gasteiger partial charge in [0.15, 0.2) is 12.4 Å². The van der Waals surface area contributed by atoms with Crippen molar-refractivity contribution in [3.8, 4) is 0 Å². The molecule has 2 amide bonds. The predicted molar refractivity (Wildman–Crippen MR) is 258 cm³/mol. The van der Waals surface area contributed by atoms with Crippen molar-refractivity contribution in [3.05, 3.63) is 108 Å². The van der Waals surface area contributed by atoms with Gasteiger partial charge in [-0.2, -0.15) is 0 Å². The van der Waals surface area contributed by atoms with Crippen LogP contribution >= 0.6 is 0 Å². The number of rotatable bonds is 34. The summed E-state index contributed by atoms with van der Waals surface area (Å²) in [6.07, 6.45) is 8.20. The van der Waals surface area contributed by atoms with Crippen LogP contribution in [0, 0.1) is 0 Å². The van der Waals surface area contributed by atoms with E-state index in [1.165, 1.54) is 38.5 Å². The van der Waals surface area contributed by atoms with Gasteiger partial charge in [0.05, 0.1) is 25.6 Å². The molecule has 3 aromatic carbocycles. The molecule has 0 aliphatic carbocycles. The molecule has 0 saturated carbocycles. The van der Waals surface area contributed by atoms with Crippen molar-refractivity contribution in [1.29, 1.82) is 0 Å². The Hall–Kier alpha value is -5.15. The van der Waals surface area contributed by atoms with E-state index in [4.69, 9.17) is 23.7 Å². The van der Waals surface area contributed by atoms with Crippen molar-refractivity contribution < 1.29 is 57.9 Å². The molecule has 0 aromatic heterocycles. The third-order valence-corrected chi connectivity index (χ3v) is 11.9. The van der Waals surface area contributed by atoms with E-state index in [1.54, 1.807) is 36.4 Å². The number of carbonyl (C=O) groups is 5. The molecule has 14 nitrogen and oxygen atoms in total. The summed E-state index contributed by atoms with van der Waals surface area (Å²) < 4.78 is 29.4. The predicted octanol–water partition coefficient (Wildman–Crippen LogP) is 8.59. The molecule has 3 aromatic rings. The average molecular weight is 945 g/mol. The third-order valence-electron chi connectivity index (χ3n) is 11.9. The summed E-state index contributed by atoms with van der Waals surface area (Å²) in [4.78, 5) is 66.0. The van der Waals surface area contributed by atoms with Crippen molar-refractivity contribution in [1.82, 2.24) is 10.6 Å². The molecule has 1 aliphatic rings. The topological polar surface area (TPSA) is 196 Å². The molecule has 374 valence electrons. The Balaban J connectivity index is 1.40. The summed E-state index contributed by atoms with van der Waals surface area (Å²) in [5, 5.41) is 27.7. The van der Waals surface area contributed by atoms with Gasteiger partial charge < -0.3 is 44.5 Å². The lowest BCUT2D eigenvalue weighted by molar-refractivity contribution is -0.285. The van der Waals surface area contributed by atoms with Crippen molar-refractivity contribution in [3.63, 3.8) is 0 Å². The van der Waals surface area contributed by atoms with E-state index in [-0.39, 0.29) is 37.9 Å². The summed E-state index contributed by atoms with van der Waals surface area (Å²) >= 11 is 0. The Morgan fingerprint density at radius 2 is 1.10 bits per heavy atom. The molecule has 0 bridgehead atoms. The smallest absolute Gasteiger partial charge is 0.308 e. The molecule has 5 atom stereocenters. The maximum Gasteiger partial charge on any atom is 0.308 e. The van der Waals surface area contributed by atoms with E-state index in [2.05, 4.69) is 17.6 Å². The zero-order chi connectivity index (χ0) is 48.6. The number of hydrogen-bond donors (Lipinski definition) is 4. The zero-order valence-electron chi connectivity index (χ0n) is 40.1. The molecule has 68 heavy (non-hydrogen) atoms. The lowest BCUT2D eigenvalue weighted by Crippen LogP contribution is -2.66. The van der Waals surface area contributed by atoms with Gasteiger partial charge in [0, 0.05) is 24.9 Å². The van der Waals surface area contributed by atoms with E-state index in [1.807, 2.05) is 54.6 Å². The number of ether oxygens (including phenoxy) is 5. The molecule has 1 saturated heterocycles. The number of benzene rings is 3. The summed E-state index contributed by atoms with van der Waals surface area (Å²) in [5.74, 6) is -2.50. The molecule has 4 rings (SSSR count). The molecule has 1 aliphatic heterocycles. The lowest BCUT2D eigenvalue weighted by atomic mass is 9.96. The van der Waals surface area contributed by atoms with Crippen LogP contribution in [-0.2, 0) is 56.1 Å². The van der Waals surface area contributed by atoms with Gasteiger partial charge >= 0.3 is 17.9 Å². The molecule has 0 unspecified atom stereocenters. The number of nitrogens with one attached hydrogen (secondary N) is 2. The van der Waals surface area contributed by atoms with Crippen LogP contribution in [0.25, 0.3) is 0 Å². The van der Waals surface area contributed by atoms with Crippen LogP contribution in [0.1, 0.15) is 157 Å². The summed E-state index contributed by atoms with van der Waals surface area (Å²) in [6, 6.07) is 25.9. The number of carbonyl (C=O) groups excluding carboxylic acids is 5. The molecular weight excluding hydrogens is 869 g/mol. The highest BCUT2D eigenvalue weighted by Gasteiger charge is 2.49. The minimum atomic E-state index is -1.56. The van der Waals surface area contributed by atoms with Gasteiger partial charge in [-0.25, -0.2) is 0 Å². The van der Waals surface area contributed by atoms with Crippen LogP contribution in [-0.4, -0.2) is 89.8 Å². The highest BCUT2D eigenvalue weighted by molar-refractivity contribution is 5.94. The van der Waals surface area contributed by atoms with E-state index in [0.717, 1.165) is 56.1 Å². The first-order chi connectivity index (χ1) is 33.2. The van der Waals surface area contributed by atoms with Crippen molar-refractivity contribution in [2.75, 3.05) is 13.2 Å². The number of unbranched alkanes of at least 4 members (excludes halogenated alkanes) is 14. The van der Waals surface area contributed by atoms with Crippen LogP contribution in [0.2, 0.25) is 0 Å². The van der Waals surface area contributed by atoms with Crippen molar-refractivity contribution >= 4 is 29.7 Å². The van der Waals surface area contributed by atoms with Crippen molar-refractivity contribution in [2.45, 2.75) is 185 Å². The molecular formula is C54H76N2O12. The van der Waals surface area contributed by atoms with Crippen LogP contribution in [0.4, 0.5) is 0 Å². The van der Waals surface area contributed by atoms with Crippen LogP contribution in [0.3, 0.4) is 0 Å². The molecule has 14 heteroatoms. The van der Waals surface area contributed by atoms with Gasteiger partial charge in [-0.15, -0.1) is 0 Å². The normalized spacial score (nSPS) is 17.9. The number of aliphatic hydroxyl groups is 2. The van der Waals surface area contributed by atoms with Crippen LogP contribution in [0.5, 0.6) is 0 Å². The van der Waals surface area contributed by atoms with E-state index in [0.29, 0.717) is 31.4 Å². The number of esters is 3. The summed E-state index contributed by atoms with van der Waals surface area (Å²) in [6.45, 7) is 2.01. The fourth-order valence-corrected chi connectivity index (χ4v) is 8.04. The molecule has 0 spiro atoms. The highest BCUT2D eigenvalue weighted by atomic mass is 16.7. The zero-order valence-corrected chi connectivity index (χ0v) is 40.1. The molecule has 4 N–H and O–H groups in total. The second kappa shape index (κ2) is 33.4. The van der Waals surface area contributed by atoms with Crippen LogP contribution in [0.15, 0.2) is 91.0 Å². The number of aliphatic hydroxyl groups excluding tert-OH is 2. The highest BCUT2D eigenvalue weighted by Crippen LogP contribution is 2.28. The summed E-state index contributed by atoms with van der Waals surface area (Å²) in [5.41, 5.74) is 2.12. The minimum Gasteiger partial charge on any atom is -0.461 e. The van der Waals surface area contributed by atoms with E-state index >= 15 is 0 Å². The van der Waals surface area contributed by atoms with Crippen molar-refractivity contribution in [2.24, 2.45) is 0 Å². The van der Waals surface area contributed by atoms with Gasteiger partial charge in [-0.3, -0.25) is 24.0 Å². The summed E-state index contributed by atoms with van der Waals surface area (Å²) in [7, 11) is 0. The SMILES string of the molecule is CCCCCCCCCCCCCC(=O)N[C@H]1[C@@H](OC(CC(=O)OCc2ccccc2)CC(=O)OCc2ccccc2)O[C@H](CO)[C@@H](O)[C@@H]1OC(=O)CCCCCCCNC(=O)c1ccccc1. The first kappa shape index (κ1) is 55.4. The van der Waals surface area contributed by atoms with Gasteiger partial charge in [-0.1, -0.05) is 169 Å². The Morgan fingerprint density at radius 1 is 0.618 bits per heavy atom. The van der Waals surface area contributed by atoms with Gasteiger partial charge in [0.25, 0.3) is 5.91 Å². The molecule has 1 fully saturated rings. The fourth-order valence-electron chi connectivity index (χ4n) is 8.04. The molecule has 0 radical (unpaired) electrons. The largest absolute Gasteiger partial charge is 0.461 e. The fraction of sp³-hybridized carbons (Fsp3) is 0.574. The average Bonchev–Trinajstić information content (AvgIpc) is 3.35. The van der Waals surface area contributed by atoms with Gasteiger partial charge in [-0.05, 0) is 42.5 Å². The first-order valence-corrected chi connectivity index (χ1v) is 25.0. The Bertz CT molecular complexity index is 1810. The second-order valence-electron chi connectivity index (χ2n) is 17.6. The van der Waals surface area contributed by atoms with Gasteiger partial charge in [0.2, 0.25) is 5.91 Å². The maximum absolute atomic E-state index is 13.7. The Morgan fingerprint density at radius 3 is 1.63 bits per heavy atom. The minimum absolute atomic E-state index is 0.0205. The first-order valence-electron chi connectivity index (χ1n) is 25.0. The number of hydrogen-bond acceptors (Lipinski definition) is 12. The Kier molecular flexibility index (Phi) is 27.2.